The van der Waals surface area contributed by atoms with Gasteiger partial charge in [-0.1, -0.05) is 46.3 Å². The van der Waals surface area contributed by atoms with Crippen molar-refractivity contribution in [2.45, 2.75) is 52.0 Å². The van der Waals surface area contributed by atoms with Gasteiger partial charge in [0.1, 0.15) is 5.82 Å². The van der Waals surface area contributed by atoms with E-state index in [9.17, 15) is 27.9 Å². The summed E-state index contributed by atoms with van der Waals surface area (Å²) in [5.41, 5.74) is 1.56. The number of amides is 1. The third kappa shape index (κ3) is 6.45. The Kier molecular flexibility index (Phi) is 8.87. The van der Waals surface area contributed by atoms with Crippen LogP contribution in [0.5, 0.6) is 0 Å². The van der Waals surface area contributed by atoms with Crippen LogP contribution >= 0.6 is 15.9 Å². The predicted molar refractivity (Wildman–Crippen MR) is 156 cm³/mol. The van der Waals surface area contributed by atoms with E-state index < -0.39 is 52.8 Å². The lowest BCUT2D eigenvalue weighted by atomic mass is 9.89. The lowest BCUT2D eigenvalue weighted by molar-refractivity contribution is -0.137. The topological polar surface area (TPSA) is 70.5 Å². The van der Waals surface area contributed by atoms with Gasteiger partial charge in [0.15, 0.2) is 11.6 Å². The van der Waals surface area contributed by atoms with Crippen LogP contribution in [0.2, 0.25) is 0 Å². The molecule has 3 aromatic carbocycles. The maximum atomic E-state index is 15.0. The Morgan fingerprint density at radius 1 is 1.00 bits per heavy atom. The van der Waals surface area contributed by atoms with Gasteiger partial charge in [-0.05, 0) is 70.0 Å². The molecule has 1 N–H and O–H groups in total. The second-order valence-electron chi connectivity index (χ2n) is 11.0. The monoisotopic (exact) mass is 626 g/mol. The summed E-state index contributed by atoms with van der Waals surface area (Å²) in [5.74, 6) is -6.35. The summed E-state index contributed by atoms with van der Waals surface area (Å²) in [4.78, 5) is 32.3. The number of carbonyl (C=O) groups is 2. The number of rotatable bonds is 8. The third-order valence-electron chi connectivity index (χ3n) is 7.10. The molecule has 1 aromatic heterocycles. The van der Waals surface area contributed by atoms with Gasteiger partial charge in [0.2, 0.25) is 0 Å². The zero-order valence-corrected chi connectivity index (χ0v) is 24.7. The highest BCUT2D eigenvalue weighted by molar-refractivity contribution is 9.10. The molecule has 9 heteroatoms. The zero-order valence-electron chi connectivity index (χ0n) is 23.1. The molecule has 0 fully saturated rings. The van der Waals surface area contributed by atoms with E-state index in [2.05, 4.69) is 15.9 Å². The quantitative estimate of drug-likeness (QED) is 0.200. The van der Waals surface area contributed by atoms with Crippen molar-refractivity contribution in [3.63, 3.8) is 0 Å². The predicted octanol–water partition coefficient (Wildman–Crippen LogP) is 8.28. The molecule has 1 atom stereocenters. The molecule has 0 radical (unpaired) electrons. The highest BCUT2D eigenvalue weighted by atomic mass is 79.9. The lowest BCUT2D eigenvalue weighted by Crippen LogP contribution is -2.48. The van der Waals surface area contributed by atoms with Crippen molar-refractivity contribution in [3.8, 4) is 11.3 Å². The molecule has 1 amide bonds. The van der Waals surface area contributed by atoms with Crippen molar-refractivity contribution in [1.29, 1.82) is 0 Å². The van der Waals surface area contributed by atoms with Crippen LogP contribution in [-0.2, 0) is 4.79 Å². The first kappa shape index (κ1) is 30.2. The number of carbonyl (C=O) groups excluding carboxylic acids is 1. The fourth-order valence-electron chi connectivity index (χ4n) is 5.04. The van der Waals surface area contributed by atoms with Gasteiger partial charge in [0.05, 0.1) is 16.8 Å². The maximum absolute atomic E-state index is 15.0. The largest absolute Gasteiger partial charge is 0.481 e. The van der Waals surface area contributed by atoms with Crippen molar-refractivity contribution >= 4 is 38.7 Å². The van der Waals surface area contributed by atoms with E-state index in [4.69, 9.17) is 4.98 Å². The maximum Gasteiger partial charge on any atom is 0.303 e. The summed E-state index contributed by atoms with van der Waals surface area (Å²) in [6, 6.07) is 16.3. The first-order chi connectivity index (χ1) is 19.3. The molecular weight excluding hydrogens is 597 g/mol. The van der Waals surface area contributed by atoms with Crippen molar-refractivity contribution < 1.29 is 27.9 Å². The van der Waals surface area contributed by atoms with E-state index in [1.165, 1.54) is 4.90 Å². The summed E-state index contributed by atoms with van der Waals surface area (Å²) in [5, 5.41) is 9.93. The van der Waals surface area contributed by atoms with Gasteiger partial charge < -0.3 is 10.0 Å². The molecule has 0 aliphatic carbocycles. The molecule has 1 unspecified atom stereocenters. The van der Waals surface area contributed by atoms with Crippen LogP contribution < -0.4 is 0 Å². The van der Waals surface area contributed by atoms with Gasteiger partial charge in [0.25, 0.3) is 5.91 Å². The minimum atomic E-state index is -1.39. The molecule has 0 spiro atoms. The minimum absolute atomic E-state index is 0.205. The molecule has 5 nitrogen and oxygen atoms in total. The molecule has 4 aromatic rings. The van der Waals surface area contributed by atoms with Gasteiger partial charge in [0, 0.05) is 45.4 Å². The molecule has 41 heavy (non-hydrogen) atoms. The number of hydrogen-bond donors (Lipinski definition) is 1. The number of halogens is 4. The van der Waals surface area contributed by atoms with Crippen LogP contribution in [0.25, 0.3) is 22.2 Å². The molecule has 0 aliphatic heterocycles. The van der Waals surface area contributed by atoms with Gasteiger partial charge in [-0.3, -0.25) is 9.59 Å². The van der Waals surface area contributed by atoms with Gasteiger partial charge in [-0.25, -0.2) is 18.2 Å². The number of aromatic nitrogens is 1. The smallest absolute Gasteiger partial charge is 0.303 e. The number of aliphatic carboxylic acids is 1. The van der Waals surface area contributed by atoms with Crippen molar-refractivity contribution in [1.82, 2.24) is 9.88 Å². The summed E-state index contributed by atoms with van der Waals surface area (Å²) in [6.45, 7) is 6.90. The van der Waals surface area contributed by atoms with Crippen molar-refractivity contribution in [2.24, 2.45) is 0 Å². The van der Waals surface area contributed by atoms with E-state index in [-0.39, 0.29) is 13.0 Å². The van der Waals surface area contributed by atoms with Gasteiger partial charge in [-0.2, -0.15) is 0 Å². The number of carboxylic acid groups (broad SMARTS) is 1. The number of fused-ring (bicyclic) bond motifs is 1. The van der Waals surface area contributed by atoms with Crippen LogP contribution in [0.15, 0.2) is 65.1 Å². The Morgan fingerprint density at radius 3 is 2.29 bits per heavy atom. The summed E-state index contributed by atoms with van der Waals surface area (Å²) in [7, 11) is 0. The Hall–Kier alpha value is -3.72. The molecule has 0 bridgehead atoms. The fraction of sp³-hybridized carbons (Fsp3) is 0.281. The summed E-state index contributed by atoms with van der Waals surface area (Å²) in [6.07, 6.45) is -0.627. The van der Waals surface area contributed by atoms with Crippen LogP contribution in [0, 0.1) is 24.4 Å². The molecule has 0 saturated heterocycles. The second-order valence-corrected chi connectivity index (χ2v) is 11.9. The number of carboxylic acids is 1. The SMILES string of the molecule is Cc1c(-c2ccccc2)nc2ccc(Br)cc2c1C(=O)N(CC(CCC(=O)O)c1c(F)ccc(F)c1F)C(C)(C)C. The van der Waals surface area contributed by atoms with Gasteiger partial charge in [-0.15, -0.1) is 0 Å². The van der Waals surface area contributed by atoms with E-state index >= 15 is 0 Å². The Morgan fingerprint density at radius 2 is 1.66 bits per heavy atom. The van der Waals surface area contributed by atoms with Crippen LogP contribution in [-0.4, -0.2) is 39.0 Å². The van der Waals surface area contributed by atoms with E-state index in [0.717, 1.165) is 16.1 Å². The van der Waals surface area contributed by atoms with Gasteiger partial charge >= 0.3 is 5.97 Å². The Bertz CT molecular complexity index is 1620. The highest BCUT2D eigenvalue weighted by Crippen LogP contribution is 2.36. The van der Waals surface area contributed by atoms with Crippen molar-refractivity contribution in [3.05, 3.63) is 99.3 Å². The molecule has 0 saturated carbocycles. The third-order valence-corrected chi connectivity index (χ3v) is 7.60. The summed E-state index contributed by atoms with van der Waals surface area (Å²) >= 11 is 3.48. The summed E-state index contributed by atoms with van der Waals surface area (Å²) < 4.78 is 44.9. The number of hydrogen-bond acceptors (Lipinski definition) is 3. The van der Waals surface area contributed by atoms with Crippen molar-refractivity contribution in [2.75, 3.05) is 6.54 Å². The zero-order chi connectivity index (χ0) is 30.1. The Labute approximate surface area is 245 Å². The van der Waals surface area contributed by atoms with Crippen LogP contribution in [0.4, 0.5) is 13.2 Å². The van der Waals surface area contributed by atoms with E-state index in [1.807, 2.05) is 36.4 Å². The highest BCUT2D eigenvalue weighted by Gasteiger charge is 2.35. The molecule has 1 heterocycles. The number of pyridine rings is 1. The average Bonchev–Trinajstić information content (AvgIpc) is 2.91. The molecular formula is C32H30BrF3N2O3. The molecule has 214 valence electrons. The molecule has 0 aliphatic rings. The fourth-order valence-corrected chi connectivity index (χ4v) is 5.40. The van der Waals surface area contributed by atoms with E-state index in [1.54, 1.807) is 39.8 Å². The average molecular weight is 628 g/mol. The minimum Gasteiger partial charge on any atom is -0.481 e. The second kappa shape index (κ2) is 12.0. The van der Waals surface area contributed by atoms with Crippen LogP contribution in [0.1, 0.15) is 61.0 Å². The Balaban J connectivity index is 1.91. The number of benzene rings is 3. The molecule has 4 rings (SSSR count). The lowest BCUT2D eigenvalue weighted by Gasteiger charge is -2.39. The first-order valence-corrected chi connectivity index (χ1v) is 13.9. The first-order valence-electron chi connectivity index (χ1n) is 13.1. The standard InChI is InChI=1S/C32H30BrF3N2O3/c1-18-27(22-16-21(33)11-14-25(22)37-30(18)19-8-6-5-7-9-19)31(41)38(32(2,3)4)17-20(10-15-26(39)40)28-23(34)12-13-24(35)29(28)36/h5-9,11-14,16,20H,10,15,17H2,1-4H3,(H,39,40). The van der Waals surface area contributed by atoms with Crippen LogP contribution in [0.3, 0.4) is 0 Å². The van der Waals surface area contributed by atoms with E-state index in [0.29, 0.717) is 33.8 Å². The normalized spacial score (nSPS) is 12.4. The number of nitrogens with zero attached hydrogens (tertiary/aromatic N) is 2.